The molecule has 0 heterocycles. The standard InChI is InChI=1S/C18H19NO5S/c1-12-2-4-13(5-3-12)17(16(10-11-20)18(21)22)14-6-8-15(9-7-14)25(19,23)24/h2-9,20H,10-11H2,1H3,(H,21,22)(H2,19,23,24)/b17-16+. The highest BCUT2D eigenvalue weighted by molar-refractivity contribution is 7.89. The van der Waals surface area contributed by atoms with Gasteiger partial charge in [0.25, 0.3) is 0 Å². The highest BCUT2D eigenvalue weighted by Gasteiger charge is 2.18. The van der Waals surface area contributed by atoms with Crippen molar-refractivity contribution in [3.8, 4) is 0 Å². The quantitative estimate of drug-likeness (QED) is 0.679. The number of aliphatic hydroxyl groups excluding tert-OH is 1. The molecule has 0 fully saturated rings. The number of hydrogen-bond acceptors (Lipinski definition) is 4. The molecule has 7 heteroatoms. The van der Waals surface area contributed by atoms with Gasteiger partial charge in [-0.05, 0) is 35.8 Å². The number of aliphatic carboxylic acids is 1. The van der Waals surface area contributed by atoms with Crippen molar-refractivity contribution < 1.29 is 23.4 Å². The lowest BCUT2D eigenvalue weighted by Gasteiger charge is -2.14. The van der Waals surface area contributed by atoms with Gasteiger partial charge in [0.05, 0.1) is 4.90 Å². The topological polar surface area (TPSA) is 118 Å². The summed E-state index contributed by atoms with van der Waals surface area (Å²) in [5, 5.41) is 23.9. The summed E-state index contributed by atoms with van der Waals surface area (Å²) in [6, 6.07) is 13.0. The van der Waals surface area contributed by atoms with E-state index in [2.05, 4.69) is 0 Å². The molecule has 0 saturated carbocycles. The fraction of sp³-hybridized carbons (Fsp3) is 0.167. The zero-order valence-electron chi connectivity index (χ0n) is 13.6. The lowest BCUT2D eigenvalue weighted by molar-refractivity contribution is -0.132. The second-order valence-electron chi connectivity index (χ2n) is 5.57. The Hall–Kier alpha value is -2.48. The summed E-state index contributed by atoms with van der Waals surface area (Å²) in [6.07, 6.45) is -0.0323. The minimum absolute atomic E-state index is 0.0323. The largest absolute Gasteiger partial charge is 0.478 e. The van der Waals surface area contributed by atoms with Gasteiger partial charge in [0.2, 0.25) is 10.0 Å². The number of nitrogens with two attached hydrogens (primary N) is 1. The summed E-state index contributed by atoms with van der Waals surface area (Å²) >= 11 is 0. The molecule has 2 rings (SSSR count). The van der Waals surface area contributed by atoms with Gasteiger partial charge < -0.3 is 10.2 Å². The van der Waals surface area contributed by atoms with Crippen LogP contribution >= 0.6 is 0 Å². The number of aliphatic hydroxyl groups is 1. The molecule has 0 atom stereocenters. The first-order valence-electron chi connectivity index (χ1n) is 7.51. The number of rotatable bonds is 6. The molecule has 0 spiro atoms. The van der Waals surface area contributed by atoms with E-state index in [4.69, 9.17) is 5.14 Å². The van der Waals surface area contributed by atoms with Gasteiger partial charge in [0.15, 0.2) is 0 Å². The molecular weight excluding hydrogens is 342 g/mol. The fourth-order valence-corrected chi connectivity index (χ4v) is 3.01. The van der Waals surface area contributed by atoms with Gasteiger partial charge in [0.1, 0.15) is 0 Å². The van der Waals surface area contributed by atoms with Gasteiger partial charge >= 0.3 is 5.97 Å². The average molecular weight is 361 g/mol. The zero-order valence-corrected chi connectivity index (χ0v) is 14.5. The monoisotopic (exact) mass is 361 g/mol. The smallest absolute Gasteiger partial charge is 0.332 e. The number of primary sulfonamides is 1. The molecule has 0 unspecified atom stereocenters. The second-order valence-corrected chi connectivity index (χ2v) is 7.13. The molecule has 0 amide bonds. The third kappa shape index (κ3) is 4.54. The Morgan fingerprint density at radius 3 is 1.88 bits per heavy atom. The van der Waals surface area contributed by atoms with Gasteiger partial charge in [-0.1, -0.05) is 42.0 Å². The molecule has 25 heavy (non-hydrogen) atoms. The lowest BCUT2D eigenvalue weighted by Crippen LogP contribution is -2.12. The van der Waals surface area contributed by atoms with E-state index in [1.165, 1.54) is 24.3 Å². The van der Waals surface area contributed by atoms with Crippen LogP contribution in [0.15, 0.2) is 59.0 Å². The van der Waals surface area contributed by atoms with Crippen molar-refractivity contribution in [1.82, 2.24) is 0 Å². The number of benzene rings is 2. The number of hydrogen-bond donors (Lipinski definition) is 3. The van der Waals surface area contributed by atoms with Crippen molar-refractivity contribution >= 4 is 21.6 Å². The van der Waals surface area contributed by atoms with Gasteiger partial charge in [-0.15, -0.1) is 0 Å². The second kappa shape index (κ2) is 7.60. The zero-order chi connectivity index (χ0) is 18.6. The van der Waals surface area contributed by atoms with Gasteiger partial charge in [-0.2, -0.15) is 0 Å². The summed E-state index contributed by atoms with van der Waals surface area (Å²) in [5.74, 6) is -1.14. The maximum absolute atomic E-state index is 11.7. The maximum Gasteiger partial charge on any atom is 0.332 e. The van der Waals surface area contributed by atoms with Crippen molar-refractivity contribution in [2.45, 2.75) is 18.2 Å². The van der Waals surface area contributed by atoms with Crippen molar-refractivity contribution in [1.29, 1.82) is 0 Å². The molecule has 0 aliphatic rings. The lowest BCUT2D eigenvalue weighted by atomic mass is 9.91. The van der Waals surface area contributed by atoms with E-state index in [0.29, 0.717) is 16.7 Å². The van der Waals surface area contributed by atoms with Gasteiger partial charge in [0, 0.05) is 18.6 Å². The number of carboxylic acid groups (broad SMARTS) is 1. The van der Waals surface area contributed by atoms with Crippen LogP contribution < -0.4 is 5.14 Å². The molecule has 0 bridgehead atoms. The van der Waals surface area contributed by atoms with E-state index < -0.39 is 16.0 Å². The maximum atomic E-state index is 11.7. The molecule has 2 aromatic rings. The molecule has 4 N–H and O–H groups in total. The van der Waals surface area contributed by atoms with Crippen molar-refractivity contribution in [3.05, 3.63) is 70.8 Å². The van der Waals surface area contributed by atoms with Gasteiger partial charge in [-0.25, -0.2) is 18.4 Å². The van der Waals surface area contributed by atoms with E-state index >= 15 is 0 Å². The van der Waals surface area contributed by atoms with Crippen molar-refractivity contribution in [2.24, 2.45) is 5.14 Å². The molecule has 0 aliphatic carbocycles. The van der Waals surface area contributed by atoms with E-state index in [-0.39, 0.29) is 23.5 Å². The van der Waals surface area contributed by atoms with Crippen LogP contribution in [-0.4, -0.2) is 31.2 Å². The van der Waals surface area contributed by atoms with E-state index in [0.717, 1.165) is 5.56 Å². The fourth-order valence-electron chi connectivity index (χ4n) is 2.50. The first kappa shape index (κ1) is 18.9. The first-order chi connectivity index (χ1) is 11.7. The van der Waals surface area contributed by atoms with Gasteiger partial charge in [-0.3, -0.25) is 0 Å². The molecule has 0 radical (unpaired) electrons. The molecular formula is C18H19NO5S. The van der Waals surface area contributed by atoms with Crippen LogP contribution in [0, 0.1) is 6.92 Å². The number of carbonyl (C=O) groups is 1. The summed E-state index contributed by atoms with van der Waals surface area (Å²) in [4.78, 5) is 11.6. The summed E-state index contributed by atoms with van der Waals surface area (Å²) < 4.78 is 22.8. The first-order valence-corrected chi connectivity index (χ1v) is 9.06. The highest BCUT2D eigenvalue weighted by atomic mass is 32.2. The molecule has 0 aromatic heterocycles. The number of sulfonamides is 1. The molecule has 6 nitrogen and oxygen atoms in total. The highest BCUT2D eigenvalue weighted by Crippen LogP contribution is 2.29. The Morgan fingerprint density at radius 1 is 1.00 bits per heavy atom. The average Bonchev–Trinajstić information content (AvgIpc) is 2.55. The minimum atomic E-state index is -3.83. The predicted molar refractivity (Wildman–Crippen MR) is 94.4 cm³/mol. The Morgan fingerprint density at radius 2 is 1.48 bits per heavy atom. The molecule has 0 aliphatic heterocycles. The third-order valence-corrected chi connectivity index (χ3v) is 4.66. The third-order valence-electron chi connectivity index (χ3n) is 3.73. The van der Waals surface area contributed by atoms with Crippen molar-refractivity contribution in [2.75, 3.05) is 6.61 Å². The van der Waals surface area contributed by atoms with E-state index in [9.17, 15) is 23.4 Å². The molecule has 2 aromatic carbocycles. The van der Waals surface area contributed by atoms with E-state index in [1.807, 2.05) is 19.1 Å². The normalized spacial score (nSPS) is 12.6. The Balaban J connectivity index is 2.68. The van der Waals surface area contributed by atoms with Crippen LogP contribution in [0.25, 0.3) is 5.57 Å². The van der Waals surface area contributed by atoms with Crippen LogP contribution in [0.2, 0.25) is 0 Å². The van der Waals surface area contributed by atoms with Crippen molar-refractivity contribution in [3.63, 3.8) is 0 Å². The van der Waals surface area contributed by atoms with Crippen LogP contribution in [0.1, 0.15) is 23.1 Å². The minimum Gasteiger partial charge on any atom is -0.478 e. The predicted octanol–water partition coefficient (Wildman–Crippen LogP) is 1.91. The van der Waals surface area contributed by atoms with Crippen LogP contribution in [0.3, 0.4) is 0 Å². The summed E-state index contributed by atoms with van der Waals surface area (Å²) in [5.41, 5.74) is 2.70. The number of carboxylic acids is 1. The van der Waals surface area contributed by atoms with E-state index in [1.54, 1.807) is 12.1 Å². The number of aryl methyl sites for hydroxylation is 1. The van der Waals surface area contributed by atoms with Crippen LogP contribution in [-0.2, 0) is 14.8 Å². The summed E-state index contributed by atoms with van der Waals surface area (Å²) in [6.45, 7) is 1.60. The molecule has 0 saturated heterocycles. The Labute approximate surface area is 146 Å². The Bertz CT molecular complexity index is 897. The summed E-state index contributed by atoms with van der Waals surface area (Å²) in [7, 11) is -3.83. The molecule has 132 valence electrons. The Kier molecular flexibility index (Phi) is 5.73. The van der Waals surface area contributed by atoms with Crippen LogP contribution in [0.4, 0.5) is 0 Å². The SMILES string of the molecule is Cc1ccc(/C(=C(/CCO)C(=O)O)c2ccc(S(N)(=O)=O)cc2)cc1. The van der Waals surface area contributed by atoms with Crippen LogP contribution in [0.5, 0.6) is 0 Å².